The Hall–Kier alpha value is -3.54. The Labute approximate surface area is 233 Å². The highest BCUT2D eigenvalue weighted by Crippen LogP contribution is 2.53. The number of hydrogen-bond donors (Lipinski definition) is 1. The summed E-state index contributed by atoms with van der Waals surface area (Å²) < 4.78 is 2.24. The van der Waals surface area contributed by atoms with Gasteiger partial charge in [0.1, 0.15) is 11.8 Å². The first kappa shape index (κ1) is 24.8. The van der Waals surface area contributed by atoms with Crippen LogP contribution in [0.4, 0.5) is 11.4 Å². The van der Waals surface area contributed by atoms with Crippen molar-refractivity contribution in [3.63, 3.8) is 0 Å². The minimum absolute atomic E-state index is 0.206. The molecule has 8 nitrogen and oxygen atoms in total. The molecule has 1 fully saturated rings. The predicted octanol–water partition coefficient (Wildman–Crippen LogP) is 4.50. The molecule has 0 unspecified atom stereocenters. The number of imide groups is 1. The second kappa shape index (κ2) is 9.97. The number of pyridine rings is 1. The Morgan fingerprint density at radius 3 is 2.45 bits per heavy atom. The molecule has 0 aliphatic carbocycles. The highest BCUT2D eigenvalue weighted by molar-refractivity contribution is 9.10. The molecule has 4 aromatic rings. The molecule has 38 heavy (non-hydrogen) atoms. The number of nitrogens with one attached hydrogen (secondary N) is 1. The molecule has 2 aromatic carbocycles. The standard InChI is InChI=1S/C27H19BrN4O4S2/c28-16-8-10-18(11-9-16)32-24(34)21-20(15-5-4-12-29-13-15)23-26(37-22(21)25(32)35)31(27(36)38-23)14-19(33)30-17-6-2-1-3-7-17/h1-13,20-22H,14H2,(H,30,33)/t20-,21+,22-/m0/s1. The first-order chi connectivity index (χ1) is 18.4. The topological polar surface area (TPSA) is 101 Å². The summed E-state index contributed by atoms with van der Waals surface area (Å²) in [6, 6.07) is 19.6. The van der Waals surface area contributed by atoms with Gasteiger partial charge in [-0.1, -0.05) is 63.3 Å². The van der Waals surface area contributed by atoms with Crippen molar-refractivity contribution in [3.8, 4) is 0 Å². The Bertz CT molecular complexity index is 1610. The maximum Gasteiger partial charge on any atom is 0.308 e. The third kappa shape index (κ3) is 4.30. The lowest BCUT2D eigenvalue weighted by Gasteiger charge is -2.30. The van der Waals surface area contributed by atoms with E-state index in [-0.39, 0.29) is 29.1 Å². The van der Waals surface area contributed by atoms with E-state index < -0.39 is 17.1 Å². The van der Waals surface area contributed by atoms with E-state index in [9.17, 15) is 19.2 Å². The average molecular weight is 608 g/mol. The van der Waals surface area contributed by atoms with Crippen LogP contribution in [0.5, 0.6) is 0 Å². The van der Waals surface area contributed by atoms with Crippen LogP contribution < -0.4 is 15.1 Å². The van der Waals surface area contributed by atoms with Gasteiger partial charge in [-0.15, -0.1) is 0 Å². The number of aromatic nitrogens is 2. The zero-order valence-corrected chi connectivity index (χ0v) is 22.8. The van der Waals surface area contributed by atoms with Crippen molar-refractivity contribution in [2.24, 2.45) is 5.92 Å². The summed E-state index contributed by atoms with van der Waals surface area (Å²) in [6.45, 7) is -0.206. The number of thioether (sulfide) groups is 1. The predicted molar refractivity (Wildman–Crippen MR) is 150 cm³/mol. The number of anilines is 2. The molecule has 2 aliphatic heterocycles. The summed E-state index contributed by atoms with van der Waals surface area (Å²) in [6.07, 6.45) is 3.30. The molecule has 2 aromatic heterocycles. The van der Waals surface area contributed by atoms with Crippen LogP contribution in [0, 0.1) is 5.92 Å². The number of halogens is 1. The van der Waals surface area contributed by atoms with Gasteiger partial charge in [-0.05, 0) is 48.0 Å². The molecule has 4 heterocycles. The fourth-order valence-corrected chi connectivity index (χ4v) is 7.92. The molecule has 1 saturated heterocycles. The molecule has 0 spiro atoms. The van der Waals surface area contributed by atoms with Crippen LogP contribution in [0.3, 0.4) is 0 Å². The fraction of sp³-hybridized carbons (Fsp3) is 0.148. The molecular formula is C27H19BrN4O4S2. The van der Waals surface area contributed by atoms with Crippen LogP contribution in [0.25, 0.3) is 0 Å². The molecule has 0 bridgehead atoms. The molecule has 0 radical (unpaired) electrons. The third-order valence-corrected chi connectivity index (χ3v) is 9.67. The van der Waals surface area contributed by atoms with E-state index in [0.717, 1.165) is 21.4 Å². The second-order valence-corrected chi connectivity index (χ2v) is 11.9. The minimum Gasteiger partial charge on any atom is -0.325 e. The molecule has 1 N–H and O–H groups in total. The number of thiazole rings is 1. The molecule has 0 saturated carbocycles. The quantitative estimate of drug-likeness (QED) is 0.336. The van der Waals surface area contributed by atoms with E-state index in [1.165, 1.54) is 21.2 Å². The van der Waals surface area contributed by atoms with Crippen LogP contribution >= 0.6 is 39.0 Å². The van der Waals surface area contributed by atoms with E-state index in [1.807, 2.05) is 24.3 Å². The minimum atomic E-state index is -0.749. The fourth-order valence-electron chi connectivity index (χ4n) is 4.88. The van der Waals surface area contributed by atoms with Gasteiger partial charge < -0.3 is 5.32 Å². The first-order valence-electron chi connectivity index (χ1n) is 11.7. The van der Waals surface area contributed by atoms with Crippen molar-refractivity contribution >= 4 is 68.1 Å². The van der Waals surface area contributed by atoms with Crippen molar-refractivity contribution in [2.75, 3.05) is 10.2 Å². The summed E-state index contributed by atoms with van der Waals surface area (Å²) >= 11 is 5.59. The van der Waals surface area contributed by atoms with E-state index in [1.54, 1.807) is 54.9 Å². The normalized spacial score (nSPS) is 20.2. The van der Waals surface area contributed by atoms with Gasteiger partial charge in [-0.3, -0.25) is 28.7 Å². The highest BCUT2D eigenvalue weighted by Gasteiger charge is 2.56. The Balaban J connectivity index is 1.41. The monoisotopic (exact) mass is 606 g/mol. The smallest absolute Gasteiger partial charge is 0.308 e. The summed E-state index contributed by atoms with van der Waals surface area (Å²) in [5.41, 5.74) is 1.86. The molecule has 3 atom stereocenters. The molecule has 3 amide bonds. The van der Waals surface area contributed by atoms with Crippen molar-refractivity contribution < 1.29 is 14.4 Å². The molecule has 11 heteroatoms. The largest absolute Gasteiger partial charge is 0.325 e. The van der Waals surface area contributed by atoms with Gasteiger partial charge in [-0.2, -0.15) is 0 Å². The zero-order chi connectivity index (χ0) is 26.4. The Morgan fingerprint density at radius 1 is 0.974 bits per heavy atom. The molecule has 190 valence electrons. The summed E-state index contributed by atoms with van der Waals surface area (Å²) in [5.74, 6) is -2.27. The summed E-state index contributed by atoms with van der Waals surface area (Å²) in [4.78, 5) is 59.4. The lowest BCUT2D eigenvalue weighted by Crippen LogP contribution is -2.33. The van der Waals surface area contributed by atoms with E-state index in [4.69, 9.17) is 0 Å². The van der Waals surface area contributed by atoms with Gasteiger partial charge in [0, 0.05) is 33.3 Å². The Kier molecular flexibility index (Phi) is 6.50. The van der Waals surface area contributed by atoms with Crippen molar-refractivity contribution in [1.82, 2.24) is 9.55 Å². The van der Waals surface area contributed by atoms with Gasteiger partial charge >= 0.3 is 4.87 Å². The summed E-state index contributed by atoms with van der Waals surface area (Å²) in [5, 5.41) is 2.60. The molecule has 2 aliphatic rings. The maximum absolute atomic E-state index is 13.8. The number of benzene rings is 2. The van der Waals surface area contributed by atoms with Crippen molar-refractivity contribution in [2.45, 2.75) is 22.7 Å². The van der Waals surface area contributed by atoms with Gasteiger partial charge in [0.2, 0.25) is 17.7 Å². The van der Waals surface area contributed by atoms with E-state index in [2.05, 4.69) is 26.2 Å². The van der Waals surface area contributed by atoms with Crippen LogP contribution in [0.1, 0.15) is 16.4 Å². The number of carbonyl (C=O) groups is 3. The van der Waals surface area contributed by atoms with Crippen LogP contribution in [-0.4, -0.2) is 32.5 Å². The van der Waals surface area contributed by atoms with Crippen LogP contribution in [0.2, 0.25) is 0 Å². The van der Waals surface area contributed by atoms with E-state index in [0.29, 0.717) is 21.3 Å². The number of para-hydroxylation sites is 1. The lowest BCUT2D eigenvalue weighted by molar-refractivity contribution is -0.122. The number of carbonyl (C=O) groups excluding carboxylic acids is 3. The second-order valence-electron chi connectivity index (χ2n) is 8.85. The van der Waals surface area contributed by atoms with Crippen molar-refractivity contribution in [1.29, 1.82) is 0 Å². The lowest BCUT2D eigenvalue weighted by atomic mass is 9.84. The molecular weight excluding hydrogens is 588 g/mol. The third-order valence-electron chi connectivity index (χ3n) is 6.54. The van der Waals surface area contributed by atoms with Crippen LogP contribution in [0.15, 0.2) is 93.4 Å². The maximum atomic E-state index is 13.8. The van der Waals surface area contributed by atoms with Gasteiger partial charge in [0.25, 0.3) is 0 Å². The first-order valence-corrected chi connectivity index (χ1v) is 14.2. The summed E-state index contributed by atoms with van der Waals surface area (Å²) in [7, 11) is 0. The number of fused-ring (bicyclic) bond motifs is 2. The van der Waals surface area contributed by atoms with Gasteiger partial charge in [0.15, 0.2) is 0 Å². The average Bonchev–Trinajstić information content (AvgIpc) is 3.36. The van der Waals surface area contributed by atoms with Crippen LogP contribution in [-0.2, 0) is 20.9 Å². The van der Waals surface area contributed by atoms with Gasteiger partial charge in [0.05, 0.1) is 16.6 Å². The van der Waals surface area contributed by atoms with Gasteiger partial charge in [-0.25, -0.2) is 4.90 Å². The molecule has 6 rings (SSSR count). The van der Waals surface area contributed by atoms with Crippen molar-refractivity contribution in [3.05, 3.63) is 104 Å². The highest BCUT2D eigenvalue weighted by atomic mass is 79.9. The number of amides is 3. The zero-order valence-electron chi connectivity index (χ0n) is 19.6. The van der Waals surface area contributed by atoms with E-state index >= 15 is 0 Å². The SMILES string of the molecule is O=C(Cn1c2c(sc1=O)[C@@H](c1cccnc1)[C@H]1C(=O)N(c3ccc(Br)cc3)C(=O)[C@H]1S2)Nc1ccccc1. The number of nitrogens with zero attached hydrogens (tertiary/aromatic N) is 3. The number of rotatable bonds is 5. The Morgan fingerprint density at radius 2 is 1.74 bits per heavy atom. The number of hydrogen-bond acceptors (Lipinski definition) is 7.